The van der Waals surface area contributed by atoms with Gasteiger partial charge in [0.15, 0.2) is 6.61 Å². The molecule has 0 bridgehead atoms. The summed E-state index contributed by atoms with van der Waals surface area (Å²) < 4.78 is 33.8. The lowest BCUT2D eigenvalue weighted by molar-refractivity contribution is -0.118. The molecule has 150 valence electrons. The number of anilines is 1. The molecule has 2 aromatic rings. The number of halogens is 1. The van der Waals surface area contributed by atoms with Gasteiger partial charge in [-0.25, -0.2) is 13.1 Å². The van der Waals surface area contributed by atoms with E-state index >= 15 is 0 Å². The molecule has 1 aliphatic carbocycles. The Hall–Kier alpha value is -1.90. The Morgan fingerprint density at radius 2 is 1.75 bits per heavy atom. The van der Waals surface area contributed by atoms with Crippen LogP contribution in [0.25, 0.3) is 0 Å². The van der Waals surface area contributed by atoms with E-state index in [4.69, 9.17) is 4.74 Å². The summed E-state index contributed by atoms with van der Waals surface area (Å²) in [6.45, 7) is 5.44. The summed E-state index contributed by atoms with van der Waals surface area (Å²) in [5.41, 5.74) is 3.33. The first kappa shape index (κ1) is 20.8. The second-order valence-corrected chi connectivity index (χ2v) is 9.70. The number of sulfonamides is 1. The minimum atomic E-state index is -3.51. The lowest BCUT2D eigenvalue weighted by atomic mass is 10.1. The van der Waals surface area contributed by atoms with Crippen molar-refractivity contribution >= 4 is 37.5 Å². The molecular weight excluding hydrogens is 444 g/mol. The number of ether oxygens (including phenoxy) is 1. The van der Waals surface area contributed by atoms with Gasteiger partial charge in [-0.05, 0) is 80.6 Å². The lowest BCUT2D eigenvalue weighted by Crippen LogP contribution is -2.25. The van der Waals surface area contributed by atoms with Crippen LogP contribution in [0.1, 0.15) is 29.5 Å². The molecule has 0 heterocycles. The summed E-state index contributed by atoms with van der Waals surface area (Å²) in [5.74, 6) is 0.199. The van der Waals surface area contributed by atoms with Crippen molar-refractivity contribution in [3.8, 4) is 5.75 Å². The quantitative estimate of drug-likeness (QED) is 0.649. The van der Waals surface area contributed by atoms with E-state index in [1.165, 1.54) is 6.07 Å². The van der Waals surface area contributed by atoms with Gasteiger partial charge in [-0.2, -0.15) is 0 Å². The van der Waals surface area contributed by atoms with Crippen molar-refractivity contribution in [2.45, 2.75) is 44.6 Å². The molecule has 6 nitrogen and oxygen atoms in total. The monoisotopic (exact) mass is 466 g/mol. The highest BCUT2D eigenvalue weighted by molar-refractivity contribution is 9.10. The third kappa shape index (κ3) is 5.12. The maximum absolute atomic E-state index is 12.3. The van der Waals surface area contributed by atoms with Crippen LogP contribution in [-0.4, -0.2) is 27.0 Å². The van der Waals surface area contributed by atoms with Gasteiger partial charge in [-0.15, -0.1) is 0 Å². The van der Waals surface area contributed by atoms with E-state index in [2.05, 4.69) is 26.0 Å². The molecule has 0 spiro atoms. The lowest BCUT2D eigenvalue weighted by Gasteiger charge is -2.14. The molecule has 1 saturated carbocycles. The van der Waals surface area contributed by atoms with Gasteiger partial charge in [0, 0.05) is 16.2 Å². The van der Waals surface area contributed by atoms with Crippen LogP contribution in [0.4, 0.5) is 5.69 Å². The third-order valence-corrected chi connectivity index (χ3v) is 6.45. The minimum absolute atomic E-state index is 0.0513. The van der Waals surface area contributed by atoms with Crippen LogP contribution in [0.2, 0.25) is 0 Å². The molecule has 0 radical (unpaired) electrons. The molecular formula is C20H23BrN2O4S. The zero-order chi connectivity index (χ0) is 20.5. The second-order valence-electron chi connectivity index (χ2n) is 7.07. The zero-order valence-electron chi connectivity index (χ0n) is 16.0. The van der Waals surface area contributed by atoms with Crippen LogP contribution in [0.15, 0.2) is 39.7 Å². The smallest absolute Gasteiger partial charge is 0.262 e. The molecule has 0 unspecified atom stereocenters. The van der Waals surface area contributed by atoms with Crippen LogP contribution in [0.5, 0.6) is 5.75 Å². The predicted octanol–water partition coefficient (Wildman–Crippen LogP) is 3.83. The van der Waals surface area contributed by atoms with Crippen LogP contribution in [0.3, 0.4) is 0 Å². The first-order valence-corrected chi connectivity index (χ1v) is 11.3. The first-order valence-electron chi connectivity index (χ1n) is 8.98. The molecule has 0 atom stereocenters. The van der Waals surface area contributed by atoms with E-state index in [0.717, 1.165) is 34.1 Å². The number of nitrogens with one attached hydrogen (secondary N) is 2. The molecule has 2 aromatic carbocycles. The number of hydrogen-bond donors (Lipinski definition) is 2. The Labute approximate surface area is 173 Å². The highest BCUT2D eigenvalue weighted by atomic mass is 79.9. The van der Waals surface area contributed by atoms with Gasteiger partial charge in [0.25, 0.3) is 5.91 Å². The number of rotatable bonds is 7. The van der Waals surface area contributed by atoms with Crippen LogP contribution in [0, 0.1) is 20.8 Å². The van der Waals surface area contributed by atoms with Gasteiger partial charge in [-0.3, -0.25) is 4.79 Å². The highest BCUT2D eigenvalue weighted by Gasteiger charge is 2.28. The van der Waals surface area contributed by atoms with Crippen LogP contribution >= 0.6 is 15.9 Å². The molecule has 1 amide bonds. The van der Waals surface area contributed by atoms with E-state index in [9.17, 15) is 13.2 Å². The van der Waals surface area contributed by atoms with Crippen molar-refractivity contribution in [3.63, 3.8) is 0 Å². The highest BCUT2D eigenvalue weighted by Crippen LogP contribution is 2.27. The maximum atomic E-state index is 12.3. The SMILES string of the molecule is Cc1cc(S(=O)(=O)NC2CC2)ccc1OCC(=O)Nc1c(C)cc(Br)cc1C. The van der Waals surface area contributed by atoms with Crippen molar-refractivity contribution in [3.05, 3.63) is 51.5 Å². The molecule has 8 heteroatoms. The Kier molecular flexibility index (Phi) is 6.12. The minimum Gasteiger partial charge on any atom is -0.483 e. The molecule has 2 N–H and O–H groups in total. The summed E-state index contributed by atoms with van der Waals surface area (Å²) in [4.78, 5) is 12.5. The van der Waals surface area contributed by atoms with Crippen LogP contribution in [-0.2, 0) is 14.8 Å². The van der Waals surface area contributed by atoms with Crippen molar-refractivity contribution in [2.75, 3.05) is 11.9 Å². The Bertz CT molecular complexity index is 994. The van der Waals surface area contributed by atoms with E-state index in [1.807, 2.05) is 26.0 Å². The van der Waals surface area contributed by atoms with Gasteiger partial charge in [0.2, 0.25) is 10.0 Å². The van der Waals surface area contributed by atoms with Crippen LogP contribution < -0.4 is 14.8 Å². The van der Waals surface area contributed by atoms with Gasteiger partial charge < -0.3 is 10.1 Å². The van der Waals surface area contributed by atoms with Crippen molar-refractivity contribution in [1.82, 2.24) is 4.72 Å². The van der Waals surface area contributed by atoms with Gasteiger partial charge in [-0.1, -0.05) is 15.9 Å². The number of benzene rings is 2. The zero-order valence-corrected chi connectivity index (χ0v) is 18.4. The summed E-state index contributed by atoms with van der Waals surface area (Å²) >= 11 is 3.43. The largest absolute Gasteiger partial charge is 0.483 e. The fourth-order valence-corrected chi connectivity index (χ4v) is 4.94. The van der Waals surface area contributed by atoms with E-state index in [1.54, 1.807) is 19.1 Å². The number of carbonyl (C=O) groups is 1. The number of carbonyl (C=O) groups excluding carboxylic acids is 1. The first-order chi connectivity index (χ1) is 13.2. The molecule has 1 fully saturated rings. The number of hydrogen-bond acceptors (Lipinski definition) is 4. The van der Waals surface area contributed by atoms with Crippen molar-refractivity contribution < 1.29 is 17.9 Å². The van der Waals surface area contributed by atoms with Gasteiger partial charge >= 0.3 is 0 Å². The Balaban J connectivity index is 1.63. The topological polar surface area (TPSA) is 84.5 Å². The molecule has 0 saturated heterocycles. The van der Waals surface area contributed by atoms with Gasteiger partial charge in [0.1, 0.15) is 5.75 Å². The number of amides is 1. The summed E-state index contributed by atoms with van der Waals surface area (Å²) in [7, 11) is -3.51. The number of aryl methyl sites for hydroxylation is 3. The summed E-state index contributed by atoms with van der Waals surface area (Å²) in [5, 5.41) is 2.87. The molecule has 0 aliphatic heterocycles. The second kappa shape index (κ2) is 8.23. The fraction of sp³-hybridized carbons (Fsp3) is 0.350. The van der Waals surface area contributed by atoms with E-state index < -0.39 is 10.0 Å². The Morgan fingerprint density at radius 1 is 1.11 bits per heavy atom. The fourth-order valence-electron chi connectivity index (χ4n) is 2.87. The standard InChI is InChI=1S/C20H23BrN2O4S/c1-12-10-17(28(25,26)23-16-4-5-16)6-7-18(12)27-11-19(24)22-20-13(2)8-15(21)9-14(20)3/h6-10,16,23H,4-5,11H2,1-3H3,(H,22,24). The summed E-state index contributed by atoms with van der Waals surface area (Å²) in [6, 6.07) is 8.55. The maximum Gasteiger partial charge on any atom is 0.262 e. The van der Waals surface area contributed by atoms with Gasteiger partial charge in [0.05, 0.1) is 4.90 Å². The normalized spacial score (nSPS) is 14.0. The average Bonchev–Trinajstić information content (AvgIpc) is 3.40. The van der Waals surface area contributed by atoms with E-state index in [-0.39, 0.29) is 23.5 Å². The summed E-state index contributed by atoms with van der Waals surface area (Å²) in [6.07, 6.45) is 1.76. The van der Waals surface area contributed by atoms with Crippen molar-refractivity contribution in [2.24, 2.45) is 0 Å². The molecule has 1 aliphatic rings. The predicted molar refractivity (Wildman–Crippen MR) is 112 cm³/mol. The average molecular weight is 467 g/mol. The van der Waals surface area contributed by atoms with E-state index in [0.29, 0.717) is 11.3 Å². The molecule has 0 aromatic heterocycles. The Morgan fingerprint density at radius 3 is 2.32 bits per heavy atom. The third-order valence-electron chi connectivity index (χ3n) is 4.48. The molecule has 28 heavy (non-hydrogen) atoms. The van der Waals surface area contributed by atoms with Crippen molar-refractivity contribution in [1.29, 1.82) is 0 Å². The molecule has 3 rings (SSSR count).